The van der Waals surface area contributed by atoms with Gasteiger partial charge >= 0.3 is 0 Å². The van der Waals surface area contributed by atoms with Crippen LogP contribution in [0.25, 0.3) is 0 Å². The van der Waals surface area contributed by atoms with Crippen molar-refractivity contribution in [2.45, 2.75) is 0 Å². The van der Waals surface area contributed by atoms with E-state index < -0.39 is 6.04 Å². The Kier molecular flexibility index (Phi) is 12.0. The van der Waals surface area contributed by atoms with Crippen molar-refractivity contribution in [1.82, 2.24) is 0 Å². The third kappa shape index (κ3) is 8.37. The molecule has 0 aliphatic rings. The van der Waals surface area contributed by atoms with Gasteiger partial charge in [0.25, 0.3) is 0 Å². The third-order valence-corrected chi connectivity index (χ3v) is 10.5. The molecule has 0 fully saturated rings. The summed E-state index contributed by atoms with van der Waals surface area (Å²) in [5.74, 6) is 0. The summed E-state index contributed by atoms with van der Waals surface area (Å²) in [4.78, 5) is 0. The summed E-state index contributed by atoms with van der Waals surface area (Å²) in [6.07, 6.45) is 6.70. The fourth-order valence-corrected chi connectivity index (χ4v) is 11.4. The average Bonchev–Trinajstić information content (AvgIpc) is 2.21. The second-order valence-corrected chi connectivity index (χ2v) is 13.0. The van der Waals surface area contributed by atoms with Crippen LogP contribution in [0, 0.1) is 0 Å². The van der Waals surface area contributed by atoms with E-state index in [0.717, 1.165) is 59.0 Å². The normalized spacial score (nSPS) is 16.0. The van der Waals surface area contributed by atoms with Crippen LogP contribution < -0.4 is 0 Å². The van der Waals surface area contributed by atoms with Crippen LogP contribution in [-0.4, -0.2) is 37.0 Å². The molecule has 0 aliphatic heterocycles. The second-order valence-electron chi connectivity index (χ2n) is 2.79. The Hall–Kier alpha value is 2.21. The van der Waals surface area contributed by atoms with Crippen molar-refractivity contribution in [2.75, 3.05) is 37.0 Å². The molecule has 0 nitrogen and oxygen atoms in total. The third-order valence-electron chi connectivity index (χ3n) is 1.80. The molecule has 0 saturated heterocycles. The van der Waals surface area contributed by atoms with Crippen molar-refractivity contribution in [3.05, 3.63) is 0 Å². The van der Waals surface area contributed by atoms with E-state index in [4.69, 9.17) is 47.2 Å². The topological polar surface area (TPSA) is 0 Å². The highest BCUT2D eigenvalue weighted by Gasteiger charge is 2.14. The molecule has 0 radical (unpaired) electrons. The summed E-state index contributed by atoms with van der Waals surface area (Å²) in [6, 6.07) is -1.16. The molecule has 0 aromatic heterocycles. The molecular weight excluding hydrogens is 324 g/mol. The van der Waals surface area contributed by atoms with Gasteiger partial charge in [0, 0.05) is 18.5 Å². The molecule has 0 heterocycles. The van der Waals surface area contributed by atoms with Gasteiger partial charge in [-0.3, -0.25) is 0 Å². The Morgan fingerprint density at radius 3 is 1.21 bits per heavy atom. The van der Waals surface area contributed by atoms with E-state index in [1.807, 2.05) is 0 Å². The van der Waals surface area contributed by atoms with Crippen molar-refractivity contribution in [3.63, 3.8) is 0 Å². The van der Waals surface area contributed by atoms with Crippen LogP contribution in [0.4, 0.5) is 0 Å². The number of rotatable bonds is 9. The van der Waals surface area contributed by atoms with Crippen molar-refractivity contribution < 1.29 is 0 Å². The van der Waals surface area contributed by atoms with Gasteiger partial charge in [0.05, 0.1) is 0 Å². The molecule has 0 bridgehead atoms. The molecule has 0 aromatic carbocycles. The molecule has 0 rings (SSSR count). The van der Waals surface area contributed by atoms with Gasteiger partial charge < -0.3 is 0 Å². The highest BCUT2D eigenvalue weighted by Crippen LogP contribution is 2.46. The van der Waals surface area contributed by atoms with Gasteiger partial charge in [0.15, 0.2) is 0 Å². The Balaban J connectivity index is 4.15. The van der Waals surface area contributed by atoms with E-state index in [-0.39, 0.29) is 0 Å². The molecule has 0 saturated carbocycles. The van der Waals surface area contributed by atoms with Gasteiger partial charge in [-0.05, 0) is 46.6 Å². The minimum Gasteiger partial charge on any atom is -0.0974 e. The molecule has 0 N–H and O–H groups in total. The lowest BCUT2D eigenvalue weighted by atomic mass is 10.9. The van der Waals surface area contributed by atoms with E-state index in [9.17, 15) is 0 Å². The second kappa shape index (κ2) is 10.4. The first-order valence-electron chi connectivity index (χ1n) is 4.13. The molecule has 0 amide bonds. The largest absolute Gasteiger partial charge is 0.0974 e. The molecule has 8 heteroatoms. The average molecular weight is 336 g/mol. The SMILES string of the molecule is S=PCCP(=S)(CCP=S)CCP=S. The molecule has 80 valence electrons. The zero-order valence-corrected chi connectivity index (χ0v) is 14.5. The monoisotopic (exact) mass is 336 g/mol. The lowest BCUT2D eigenvalue weighted by molar-refractivity contribution is 1.37. The van der Waals surface area contributed by atoms with Crippen LogP contribution in [0.2, 0.25) is 0 Å². The summed E-state index contributed by atoms with van der Waals surface area (Å²) >= 11 is 20.6. The Bertz CT molecular complexity index is 204. The van der Waals surface area contributed by atoms with Crippen molar-refractivity contribution in [1.29, 1.82) is 0 Å². The van der Waals surface area contributed by atoms with Gasteiger partial charge in [0.1, 0.15) is 0 Å². The fourth-order valence-electron chi connectivity index (χ4n) is 1.00. The zero-order valence-electron chi connectivity index (χ0n) is 7.66. The maximum atomic E-state index is 5.76. The van der Waals surface area contributed by atoms with Gasteiger partial charge in [-0.1, -0.05) is 47.2 Å². The number of hydrogen-bond donors (Lipinski definition) is 0. The standard InChI is InChI=1S/C6H12P4S4/c11-7-1-4-10(14,5-2-8-12)6-3-9-13/h1-6H2. The zero-order chi connectivity index (χ0) is 10.9. The lowest BCUT2D eigenvalue weighted by Crippen LogP contribution is -2.03. The van der Waals surface area contributed by atoms with E-state index in [2.05, 4.69) is 0 Å². The first-order chi connectivity index (χ1) is 6.68. The van der Waals surface area contributed by atoms with E-state index >= 15 is 0 Å². The van der Waals surface area contributed by atoms with Crippen LogP contribution >= 0.6 is 28.1 Å². The first kappa shape index (κ1) is 16.2. The highest BCUT2D eigenvalue weighted by molar-refractivity contribution is 8.15. The summed E-state index contributed by atoms with van der Waals surface area (Å²) in [6.45, 7) is 0. The fraction of sp³-hybridized carbons (Fsp3) is 1.00. The predicted octanol–water partition coefficient (Wildman–Crippen LogP) is 3.69. The first-order valence-corrected chi connectivity index (χ1v) is 13.8. The molecular formula is C6H12P4S4. The molecule has 14 heavy (non-hydrogen) atoms. The highest BCUT2D eigenvalue weighted by atomic mass is 32.4. The Labute approximate surface area is 112 Å². The van der Waals surface area contributed by atoms with Crippen molar-refractivity contribution >= 4 is 75.3 Å². The smallest absolute Gasteiger partial charge is 0.00451 e. The minimum absolute atomic E-state index is 1.06. The molecule has 0 atom stereocenters. The molecule has 0 unspecified atom stereocenters. The van der Waals surface area contributed by atoms with Crippen LogP contribution in [0.5, 0.6) is 0 Å². The summed E-state index contributed by atoms with van der Waals surface area (Å²) in [5, 5.41) is 0. The van der Waals surface area contributed by atoms with Crippen LogP contribution in [-0.2, 0) is 47.2 Å². The minimum atomic E-state index is -1.16. The summed E-state index contributed by atoms with van der Waals surface area (Å²) < 4.78 is 0. The molecule has 0 spiro atoms. The quantitative estimate of drug-likeness (QED) is 0.589. The summed E-state index contributed by atoms with van der Waals surface area (Å²) in [5.41, 5.74) is 0. The van der Waals surface area contributed by atoms with E-state index in [1.165, 1.54) is 0 Å². The maximum absolute atomic E-state index is 5.76. The predicted molar refractivity (Wildman–Crippen MR) is 86.3 cm³/mol. The Morgan fingerprint density at radius 1 is 0.714 bits per heavy atom. The van der Waals surface area contributed by atoms with Gasteiger partial charge in [-0.25, -0.2) is 0 Å². The van der Waals surface area contributed by atoms with Crippen LogP contribution in [0.1, 0.15) is 0 Å². The van der Waals surface area contributed by atoms with Crippen LogP contribution in [0.15, 0.2) is 0 Å². The molecule has 0 aliphatic carbocycles. The van der Waals surface area contributed by atoms with E-state index in [1.54, 1.807) is 0 Å². The van der Waals surface area contributed by atoms with Crippen LogP contribution in [0.3, 0.4) is 0 Å². The lowest BCUT2D eigenvalue weighted by Gasteiger charge is -2.19. The molecule has 0 aromatic rings. The van der Waals surface area contributed by atoms with Gasteiger partial charge in [0.2, 0.25) is 0 Å². The van der Waals surface area contributed by atoms with Gasteiger partial charge in [-0.15, -0.1) is 0 Å². The Morgan fingerprint density at radius 2 is 1.00 bits per heavy atom. The number of hydrogen-bond acceptors (Lipinski definition) is 4. The van der Waals surface area contributed by atoms with Gasteiger partial charge in [-0.2, -0.15) is 0 Å². The van der Waals surface area contributed by atoms with Crippen molar-refractivity contribution in [3.8, 4) is 0 Å². The van der Waals surface area contributed by atoms with Crippen molar-refractivity contribution in [2.24, 2.45) is 0 Å². The summed E-state index contributed by atoms with van der Waals surface area (Å²) in [7, 11) is 3.17. The van der Waals surface area contributed by atoms with E-state index in [0.29, 0.717) is 0 Å². The maximum Gasteiger partial charge on any atom is 0.00451 e.